The maximum atomic E-state index is 13.2. The van der Waals surface area contributed by atoms with E-state index < -0.39 is 0 Å². The number of carbonyl (C=O) groups excluding carboxylic acids is 2. The zero-order valence-corrected chi connectivity index (χ0v) is 16.2. The van der Waals surface area contributed by atoms with Gasteiger partial charge in [-0.25, -0.2) is 0 Å². The number of amides is 2. The Labute approximate surface area is 173 Å². The van der Waals surface area contributed by atoms with Gasteiger partial charge in [-0.3, -0.25) is 14.6 Å². The first kappa shape index (κ1) is 18.1. The second-order valence-corrected chi connectivity index (χ2v) is 7.32. The summed E-state index contributed by atoms with van der Waals surface area (Å²) in [6, 6.07) is 19.1. The number of fused-ring (bicyclic) bond motifs is 2. The normalized spacial score (nSPS) is 15.4. The molecule has 4 aromatic rings. The number of rotatable bonds is 5. The van der Waals surface area contributed by atoms with Gasteiger partial charge in [0.1, 0.15) is 0 Å². The quantitative estimate of drug-likeness (QED) is 0.532. The molecule has 1 aliphatic heterocycles. The molecule has 0 radical (unpaired) electrons. The Morgan fingerprint density at radius 3 is 2.73 bits per heavy atom. The van der Waals surface area contributed by atoms with Crippen LogP contribution < -0.4 is 5.32 Å². The molecule has 0 saturated heterocycles. The molecule has 2 aromatic carbocycles. The molecule has 0 unspecified atom stereocenters. The van der Waals surface area contributed by atoms with Gasteiger partial charge in [0.05, 0.1) is 17.9 Å². The molecule has 6 nitrogen and oxygen atoms in total. The largest absolute Gasteiger partial charge is 0.361 e. The topological polar surface area (TPSA) is 78.1 Å². The van der Waals surface area contributed by atoms with Crippen molar-refractivity contribution in [2.45, 2.75) is 12.5 Å². The van der Waals surface area contributed by atoms with Crippen LogP contribution in [0.5, 0.6) is 0 Å². The molecule has 2 aromatic heterocycles. The van der Waals surface area contributed by atoms with Crippen LogP contribution >= 0.6 is 0 Å². The molecule has 0 aliphatic carbocycles. The van der Waals surface area contributed by atoms with Crippen LogP contribution in [0.3, 0.4) is 0 Å². The van der Waals surface area contributed by atoms with Crippen molar-refractivity contribution in [3.8, 4) is 0 Å². The maximum absolute atomic E-state index is 13.2. The molecule has 2 amide bonds. The lowest BCUT2D eigenvalue weighted by Crippen LogP contribution is -2.32. The molecule has 1 atom stereocenters. The van der Waals surface area contributed by atoms with Crippen molar-refractivity contribution in [3.63, 3.8) is 0 Å². The Morgan fingerprint density at radius 1 is 1.03 bits per heavy atom. The Bertz CT molecular complexity index is 1230. The lowest BCUT2D eigenvalue weighted by Gasteiger charge is -2.25. The number of nitrogens with one attached hydrogen (secondary N) is 2. The summed E-state index contributed by atoms with van der Waals surface area (Å²) in [4.78, 5) is 34.8. The third-order valence-electron chi connectivity index (χ3n) is 5.50. The van der Waals surface area contributed by atoms with Crippen molar-refractivity contribution in [3.05, 3.63) is 95.9 Å². The van der Waals surface area contributed by atoms with Crippen molar-refractivity contribution in [1.82, 2.24) is 14.9 Å². The van der Waals surface area contributed by atoms with Gasteiger partial charge in [-0.05, 0) is 29.8 Å². The molecule has 0 spiro atoms. The molecule has 0 saturated carbocycles. The van der Waals surface area contributed by atoms with Crippen LogP contribution in [-0.4, -0.2) is 33.2 Å². The molecule has 3 heterocycles. The lowest BCUT2D eigenvalue weighted by molar-refractivity contribution is -0.116. The number of pyridine rings is 1. The summed E-state index contributed by atoms with van der Waals surface area (Å²) >= 11 is 0. The Morgan fingerprint density at radius 2 is 1.87 bits per heavy atom. The maximum Gasteiger partial charge on any atom is 0.255 e. The van der Waals surface area contributed by atoms with Gasteiger partial charge < -0.3 is 15.2 Å². The summed E-state index contributed by atoms with van der Waals surface area (Å²) in [5.41, 5.74) is 4.38. The summed E-state index contributed by atoms with van der Waals surface area (Å²) < 4.78 is 0. The second-order valence-electron chi connectivity index (χ2n) is 7.32. The number of hydrogen-bond acceptors (Lipinski definition) is 3. The average Bonchev–Trinajstić information content (AvgIpc) is 3.32. The molecule has 148 valence electrons. The second kappa shape index (κ2) is 7.48. The number of carbonyl (C=O) groups is 2. The SMILES string of the molecule is O=C(CCN1C(=O)c2ccccc2[C@H]1c1c[nH]c2ccccc12)Nc1cccnc1. The highest BCUT2D eigenvalue weighted by Crippen LogP contribution is 2.41. The standard InChI is InChI=1S/C24H20N4O2/c29-22(27-16-6-5-12-25-14-16)11-13-28-23(18-8-1-2-9-19(18)24(28)30)20-15-26-21-10-4-3-7-17(20)21/h1-10,12,14-15,23,26H,11,13H2,(H,27,29)/t23-/m0/s1. The van der Waals surface area contributed by atoms with Gasteiger partial charge in [-0.1, -0.05) is 36.4 Å². The first-order chi connectivity index (χ1) is 14.7. The van der Waals surface area contributed by atoms with Crippen LogP contribution in [0.15, 0.2) is 79.3 Å². The Kier molecular flexibility index (Phi) is 4.52. The van der Waals surface area contributed by atoms with Gasteiger partial charge in [0, 0.05) is 47.4 Å². The van der Waals surface area contributed by atoms with E-state index in [9.17, 15) is 9.59 Å². The van der Waals surface area contributed by atoms with Gasteiger partial charge in [0.15, 0.2) is 0 Å². The fraction of sp³-hybridized carbons (Fsp3) is 0.125. The van der Waals surface area contributed by atoms with Crippen molar-refractivity contribution in [1.29, 1.82) is 0 Å². The van der Waals surface area contributed by atoms with E-state index in [1.165, 1.54) is 0 Å². The first-order valence-electron chi connectivity index (χ1n) is 9.88. The molecular formula is C24H20N4O2. The van der Waals surface area contributed by atoms with E-state index in [4.69, 9.17) is 0 Å². The van der Waals surface area contributed by atoms with Crippen molar-refractivity contribution in [2.24, 2.45) is 0 Å². The van der Waals surface area contributed by atoms with Crippen LogP contribution in [-0.2, 0) is 4.79 Å². The summed E-state index contributed by atoms with van der Waals surface area (Å²) in [6.07, 6.45) is 5.42. The first-order valence-corrected chi connectivity index (χ1v) is 9.88. The predicted molar refractivity (Wildman–Crippen MR) is 115 cm³/mol. The van der Waals surface area contributed by atoms with Crippen LogP contribution in [0.1, 0.15) is 33.9 Å². The van der Waals surface area contributed by atoms with E-state index in [1.54, 1.807) is 29.4 Å². The lowest BCUT2D eigenvalue weighted by atomic mass is 9.97. The molecule has 0 fully saturated rings. The van der Waals surface area contributed by atoms with Crippen molar-refractivity contribution in [2.75, 3.05) is 11.9 Å². The minimum Gasteiger partial charge on any atom is -0.361 e. The van der Waals surface area contributed by atoms with Crippen LogP contribution in [0.2, 0.25) is 0 Å². The average molecular weight is 396 g/mol. The summed E-state index contributed by atoms with van der Waals surface area (Å²) in [6.45, 7) is 0.323. The summed E-state index contributed by atoms with van der Waals surface area (Å²) in [7, 11) is 0. The highest BCUT2D eigenvalue weighted by molar-refractivity contribution is 6.01. The van der Waals surface area contributed by atoms with E-state index in [0.29, 0.717) is 17.8 Å². The zero-order chi connectivity index (χ0) is 20.5. The molecule has 0 bridgehead atoms. The van der Waals surface area contributed by atoms with Gasteiger partial charge in [0.2, 0.25) is 5.91 Å². The van der Waals surface area contributed by atoms with Crippen molar-refractivity contribution < 1.29 is 9.59 Å². The molecule has 30 heavy (non-hydrogen) atoms. The minimum atomic E-state index is -0.226. The van der Waals surface area contributed by atoms with E-state index in [2.05, 4.69) is 21.4 Å². The van der Waals surface area contributed by atoms with Crippen molar-refractivity contribution >= 4 is 28.4 Å². The Hall–Kier alpha value is -3.93. The molecular weight excluding hydrogens is 376 g/mol. The van der Waals surface area contributed by atoms with E-state index in [1.807, 2.05) is 48.7 Å². The Balaban J connectivity index is 1.44. The predicted octanol–water partition coefficient (Wildman–Crippen LogP) is 4.14. The highest BCUT2D eigenvalue weighted by atomic mass is 16.2. The van der Waals surface area contributed by atoms with Crippen LogP contribution in [0, 0.1) is 0 Å². The van der Waals surface area contributed by atoms with Gasteiger partial charge >= 0.3 is 0 Å². The minimum absolute atomic E-state index is 0.0462. The number of anilines is 1. The smallest absolute Gasteiger partial charge is 0.255 e. The summed E-state index contributed by atoms with van der Waals surface area (Å²) in [5.74, 6) is -0.195. The molecule has 6 heteroatoms. The van der Waals surface area contributed by atoms with E-state index in [0.717, 1.165) is 22.0 Å². The van der Waals surface area contributed by atoms with Gasteiger partial charge in [0.25, 0.3) is 5.91 Å². The third-order valence-corrected chi connectivity index (χ3v) is 5.50. The van der Waals surface area contributed by atoms with Crippen LogP contribution in [0.4, 0.5) is 5.69 Å². The summed E-state index contributed by atoms with van der Waals surface area (Å²) in [5, 5.41) is 3.92. The highest BCUT2D eigenvalue weighted by Gasteiger charge is 2.38. The fourth-order valence-electron chi connectivity index (χ4n) is 4.14. The number of H-pyrrole nitrogens is 1. The van der Waals surface area contributed by atoms with Crippen LogP contribution in [0.25, 0.3) is 10.9 Å². The number of para-hydroxylation sites is 1. The van der Waals surface area contributed by atoms with E-state index in [-0.39, 0.29) is 24.3 Å². The number of hydrogen-bond donors (Lipinski definition) is 2. The third kappa shape index (κ3) is 3.12. The van der Waals surface area contributed by atoms with Gasteiger partial charge in [-0.15, -0.1) is 0 Å². The molecule has 5 rings (SSSR count). The number of benzene rings is 2. The molecule has 1 aliphatic rings. The molecule has 2 N–H and O–H groups in total. The van der Waals surface area contributed by atoms with Gasteiger partial charge in [-0.2, -0.15) is 0 Å². The number of aromatic amines is 1. The monoisotopic (exact) mass is 396 g/mol. The zero-order valence-electron chi connectivity index (χ0n) is 16.2. The van der Waals surface area contributed by atoms with E-state index >= 15 is 0 Å². The number of aromatic nitrogens is 2. The number of nitrogens with zero attached hydrogens (tertiary/aromatic N) is 2. The fourth-order valence-corrected chi connectivity index (χ4v) is 4.14.